The van der Waals surface area contributed by atoms with Crippen molar-refractivity contribution in [3.05, 3.63) is 24.3 Å². The second-order valence-corrected chi connectivity index (χ2v) is 7.58. The van der Waals surface area contributed by atoms with Crippen molar-refractivity contribution in [2.24, 2.45) is 0 Å². The molecule has 1 aromatic carbocycles. The summed E-state index contributed by atoms with van der Waals surface area (Å²) in [5, 5.41) is 8.65. The van der Waals surface area contributed by atoms with Crippen molar-refractivity contribution in [1.82, 2.24) is 4.90 Å². The lowest BCUT2D eigenvalue weighted by Gasteiger charge is -2.36. The number of aliphatic carboxylic acids is 1. The number of methoxy groups -OCH3 is 1. The highest BCUT2D eigenvalue weighted by molar-refractivity contribution is 7.92. The quantitative estimate of drug-likeness (QED) is 0.880. The van der Waals surface area contributed by atoms with Crippen molar-refractivity contribution in [3.8, 4) is 5.75 Å². The zero-order valence-electron chi connectivity index (χ0n) is 12.7. The molecule has 22 heavy (non-hydrogen) atoms. The van der Waals surface area contributed by atoms with E-state index < -0.39 is 27.1 Å². The molecular formula is C15H21NO5S. The molecule has 0 aromatic heterocycles. The number of rotatable bonds is 5. The van der Waals surface area contributed by atoms with E-state index in [9.17, 15) is 18.3 Å². The van der Waals surface area contributed by atoms with Crippen LogP contribution in [0.2, 0.25) is 0 Å². The predicted octanol–water partition coefficient (Wildman–Crippen LogP) is 1.41. The molecule has 2 atom stereocenters. The molecule has 1 aromatic rings. The first-order chi connectivity index (χ1) is 10.4. The fraction of sp³-hybridized carbons (Fsp3) is 0.533. The van der Waals surface area contributed by atoms with Crippen molar-refractivity contribution in [2.75, 3.05) is 20.2 Å². The number of hydrogen-bond acceptors (Lipinski definition) is 5. The van der Waals surface area contributed by atoms with E-state index in [1.807, 2.05) is 11.8 Å². The van der Waals surface area contributed by atoms with Gasteiger partial charge in [0.2, 0.25) is 0 Å². The molecule has 1 N–H and O–H groups in total. The van der Waals surface area contributed by atoms with Gasteiger partial charge in [-0.1, -0.05) is 6.92 Å². The van der Waals surface area contributed by atoms with Crippen LogP contribution in [0, 0.1) is 0 Å². The van der Waals surface area contributed by atoms with Gasteiger partial charge < -0.3 is 9.84 Å². The number of benzene rings is 1. The van der Waals surface area contributed by atoms with Crippen LogP contribution in [0.3, 0.4) is 0 Å². The summed E-state index contributed by atoms with van der Waals surface area (Å²) in [5.74, 6) is -0.375. The van der Waals surface area contributed by atoms with Gasteiger partial charge in [0.05, 0.1) is 17.3 Å². The summed E-state index contributed by atoms with van der Waals surface area (Å²) >= 11 is 0. The Morgan fingerprint density at radius 1 is 1.36 bits per heavy atom. The minimum atomic E-state index is -3.53. The Morgan fingerprint density at radius 3 is 2.50 bits per heavy atom. The SMILES string of the molecule is CCN1CCC(S(=O)(=O)c2ccc(OC)cc2)CC1C(=O)O. The molecule has 122 valence electrons. The second kappa shape index (κ2) is 6.66. The van der Waals surface area contributed by atoms with Crippen LogP contribution in [0.15, 0.2) is 29.2 Å². The largest absolute Gasteiger partial charge is 0.497 e. The molecule has 0 saturated carbocycles. The van der Waals surface area contributed by atoms with Crippen molar-refractivity contribution in [3.63, 3.8) is 0 Å². The predicted molar refractivity (Wildman–Crippen MR) is 81.9 cm³/mol. The monoisotopic (exact) mass is 327 g/mol. The van der Waals surface area contributed by atoms with E-state index in [0.29, 0.717) is 25.3 Å². The average Bonchev–Trinajstić information content (AvgIpc) is 2.54. The molecule has 0 bridgehead atoms. The third-order valence-corrected chi connectivity index (χ3v) is 6.42. The van der Waals surface area contributed by atoms with Gasteiger partial charge in [0, 0.05) is 6.54 Å². The van der Waals surface area contributed by atoms with E-state index >= 15 is 0 Å². The van der Waals surface area contributed by atoms with Crippen molar-refractivity contribution >= 4 is 15.8 Å². The number of carboxylic acid groups (broad SMARTS) is 1. The van der Waals surface area contributed by atoms with E-state index in [1.165, 1.54) is 19.2 Å². The van der Waals surface area contributed by atoms with Crippen molar-refractivity contribution in [1.29, 1.82) is 0 Å². The van der Waals surface area contributed by atoms with Crippen LogP contribution < -0.4 is 4.74 Å². The second-order valence-electron chi connectivity index (χ2n) is 5.35. The minimum absolute atomic E-state index is 0.123. The molecule has 0 amide bonds. The third kappa shape index (κ3) is 3.25. The van der Waals surface area contributed by atoms with Crippen LogP contribution in [0.4, 0.5) is 0 Å². The molecule has 1 aliphatic heterocycles. The van der Waals surface area contributed by atoms with Gasteiger partial charge in [-0.15, -0.1) is 0 Å². The van der Waals surface area contributed by atoms with E-state index in [1.54, 1.807) is 12.1 Å². The summed E-state index contributed by atoms with van der Waals surface area (Å²) in [6, 6.07) is 5.48. The molecule has 0 aliphatic carbocycles. The fourth-order valence-corrected chi connectivity index (χ4v) is 4.61. The van der Waals surface area contributed by atoms with E-state index in [0.717, 1.165) is 0 Å². The summed E-state index contributed by atoms with van der Waals surface area (Å²) in [5.41, 5.74) is 0. The first kappa shape index (κ1) is 16.8. The number of carbonyl (C=O) groups is 1. The highest BCUT2D eigenvalue weighted by atomic mass is 32.2. The van der Waals surface area contributed by atoms with Gasteiger partial charge in [-0.3, -0.25) is 9.69 Å². The van der Waals surface area contributed by atoms with Gasteiger partial charge in [-0.25, -0.2) is 8.42 Å². The Hall–Kier alpha value is -1.60. The number of carboxylic acids is 1. The average molecular weight is 327 g/mol. The van der Waals surface area contributed by atoms with Gasteiger partial charge in [0.1, 0.15) is 11.8 Å². The number of nitrogens with zero attached hydrogens (tertiary/aromatic N) is 1. The Morgan fingerprint density at radius 2 is 2.00 bits per heavy atom. The standard InChI is InChI=1S/C15H21NO5S/c1-3-16-9-8-13(10-14(16)15(17)18)22(19,20)12-6-4-11(21-2)5-7-12/h4-7,13-14H,3,8-10H2,1-2H3,(H,17,18). The zero-order valence-corrected chi connectivity index (χ0v) is 13.5. The van der Waals surface area contributed by atoms with Gasteiger partial charge in [-0.2, -0.15) is 0 Å². The summed E-state index contributed by atoms with van der Waals surface area (Å²) < 4.78 is 30.4. The number of piperidine rings is 1. The van der Waals surface area contributed by atoms with Crippen LogP contribution in [-0.2, 0) is 14.6 Å². The molecule has 0 spiro atoms. The zero-order chi connectivity index (χ0) is 16.3. The summed E-state index contributed by atoms with van der Waals surface area (Å²) in [6.07, 6.45) is 0.573. The molecule has 1 aliphatic rings. The van der Waals surface area contributed by atoms with Crippen LogP contribution in [-0.4, -0.2) is 55.9 Å². The Kier molecular flexibility index (Phi) is 5.08. The molecule has 1 heterocycles. The summed E-state index contributed by atoms with van der Waals surface area (Å²) in [7, 11) is -2.02. The Labute approximate surface area is 130 Å². The highest BCUT2D eigenvalue weighted by Crippen LogP contribution is 2.28. The molecular weight excluding hydrogens is 306 g/mol. The minimum Gasteiger partial charge on any atom is -0.497 e. The molecule has 2 unspecified atom stereocenters. The number of likely N-dealkylation sites (tertiary alicyclic amines) is 1. The topological polar surface area (TPSA) is 83.9 Å². The third-order valence-electron chi connectivity index (χ3n) is 4.18. The maximum absolute atomic E-state index is 12.7. The Bertz CT molecular complexity index is 626. The number of hydrogen-bond donors (Lipinski definition) is 1. The van der Waals surface area contributed by atoms with Gasteiger partial charge >= 0.3 is 5.97 Å². The fourth-order valence-electron chi connectivity index (χ4n) is 2.86. The smallest absolute Gasteiger partial charge is 0.320 e. The number of likely N-dealkylation sites (N-methyl/N-ethyl adjacent to an activating group) is 1. The van der Waals surface area contributed by atoms with Crippen LogP contribution in [0.5, 0.6) is 5.75 Å². The molecule has 2 rings (SSSR count). The van der Waals surface area contributed by atoms with Gasteiger partial charge in [0.25, 0.3) is 0 Å². The first-order valence-corrected chi connectivity index (χ1v) is 8.79. The maximum atomic E-state index is 12.7. The Balaban J connectivity index is 2.23. The maximum Gasteiger partial charge on any atom is 0.320 e. The van der Waals surface area contributed by atoms with Crippen LogP contribution >= 0.6 is 0 Å². The van der Waals surface area contributed by atoms with Gasteiger partial charge in [0.15, 0.2) is 9.84 Å². The number of sulfone groups is 1. The summed E-state index contributed by atoms with van der Waals surface area (Å²) in [6.45, 7) is 2.97. The normalized spacial score (nSPS) is 23.2. The highest BCUT2D eigenvalue weighted by Gasteiger charge is 2.39. The van der Waals surface area contributed by atoms with E-state index in [2.05, 4.69) is 0 Å². The molecule has 1 saturated heterocycles. The number of ether oxygens (including phenoxy) is 1. The first-order valence-electron chi connectivity index (χ1n) is 7.25. The summed E-state index contributed by atoms with van der Waals surface area (Å²) in [4.78, 5) is 13.4. The van der Waals surface area contributed by atoms with Crippen molar-refractivity contribution in [2.45, 2.75) is 36.0 Å². The molecule has 1 fully saturated rings. The van der Waals surface area contributed by atoms with Crippen LogP contribution in [0.1, 0.15) is 19.8 Å². The van der Waals surface area contributed by atoms with Crippen LogP contribution in [0.25, 0.3) is 0 Å². The van der Waals surface area contributed by atoms with E-state index in [-0.39, 0.29) is 11.3 Å². The van der Waals surface area contributed by atoms with Gasteiger partial charge in [-0.05, 0) is 43.7 Å². The van der Waals surface area contributed by atoms with Crippen molar-refractivity contribution < 1.29 is 23.1 Å². The lowest BCUT2D eigenvalue weighted by molar-refractivity contribution is -0.144. The lowest BCUT2D eigenvalue weighted by Crippen LogP contribution is -2.50. The molecule has 0 radical (unpaired) electrons. The van der Waals surface area contributed by atoms with E-state index in [4.69, 9.17) is 4.74 Å². The lowest BCUT2D eigenvalue weighted by atomic mass is 10.0. The molecule has 7 heteroatoms. The molecule has 6 nitrogen and oxygen atoms in total.